The molecule has 0 fully saturated rings. The van der Waals surface area contributed by atoms with Gasteiger partial charge < -0.3 is 9.84 Å². The number of alkyl halides is 6. The van der Waals surface area contributed by atoms with Crippen molar-refractivity contribution < 1.29 is 41.0 Å². The van der Waals surface area contributed by atoms with Gasteiger partial charge >= 0.3 is 18.1 Å². The van der Waals surface area contributed by atoms with E-state index in [1.165, 1.54) is 13.8 Å². The van der Waals surface area contributed by atoms with Crippen LogP contribution in [0.15, 0.2) is 42.5 Å². The van der Waals surface area contributed by atoms with E-state index in [4.69, 9.17) is 9.84 Å². The Hall–Kier alpha value is -3.08. The van der Waals surface area contributed by atoms with Gasteiger partial charge in [0, 0.05) is 11.1 Å². The van der Waals surface area contributed by atoms with Crippen molar-refractivity contribution in [3.63, 3.8) is 0 Å². The summed E-state index contributed by atoms with van der Waals surface area (Å²) < 4.78 is 88.2. The summed E-state index contributed by atoms with van der Waals surface area (Å²) in [5.41, 5.74) is -1.07. The predicted molar refractivity (Wildman–Crippen MR) is 109 cm³/mol. The molecular formula is C22H17F6NO3S. The fraction of sp³-hybridized carbons (Fsp3) is 0.273. The van der Waals surface area contributed by atoms with E-state index in [2.05, 4.69) is 4.98 Å². The van der Waals surface area contributed by atoms with Gasteiger partial charge in [0.05, 0.1) is 16.1 Å². The third kappa shape index (κ3) is 5.29. The fourth-order valence-electron chi connectivity index (χ4n) is 3.04. The van der Waals surface area contributed by atoms with Gasteiger partial charge in [-0.2, -0.15) is 22.0 Å². The van der Waals surface area contributed by atoms with Gasteiger partial charge in [0.2, 0.25) is 6.17 Å². The molecule has 3 rings (SSSR count). The van der Waals surface area contributed by atoms with Crippen molar-refractivity contribution in [2.24, 2.45) is 0 Å². The Balaban J connectivity index is 1.87. The summed E-state index contributed by atoms with van der Waals surface area (Å²) in [5.74, 6) is -5.12. The first kappa shape index (κ1) is 24.6. The topological polar surface area (TPSA) is 59.4 Å². The average molecular weight is 489 g/mol. The second-order valence-corrected chi connectivity index (χ2v) is 8.22. The Morgan fingerprint density at radius 3 is 2.21 bits per heavy atom. The zero-order valence-electron chi connectivity index (χ0n) is 17.2. The van der Waals surface area contributed by atoms with Gasteiger partial charge in [-0.1, -0.05) is 12.1 Å². The van der Waals surface area contributed by atoms with E-state index in [1.54, 1.807) is 0 Å². The number of hydrogen-bond acceptors (Lipinski definition) is 4. The molecule has 0 bridgehead atoms. The Labute approximate surface area is 188 Å². The van der Waals surface area contributed by atoms with Crippen LogP contribution >= 0.6 is 11.3 Å². The molecule has 0 aliphatic heterocycles. The number of carboxylic acid groups (broad SMARTS) is 1. The van der Waals surface area contributed by atoms with E-state index < -0.39 is 42.0 Å². The minimum Gasteiger partial charge on any atom is -0.482 e. The minimum atomic E-state index is -4.53. The van der Waals surface area contributed by atoms with Crippen molar-refractivity contribution >= 4 is 17.3 Å². The lowest BCUT2D eigenvalue weighted by molar-refractivity contribution is -0.139. The van der Waals surface area contributed by atoms with E-state index >= 15 is 4.39 Å². The van der Waals surface area contributed by atoms with Gasteiger partial charge in [-0.15, -0.1) is 11.3 Å². The maximum absolute atomic E-state index is 15.1. The third-order valence-corrected chi connectivity index (χ3v) is 5.99. The molecule has 0 saturated heterocycles. The lowest BCUT2D eigenvalue weighted by Crippen LogP contribution is -2.21. The zero-order valence-corrected chi connectivity index (χ0v) is 18.0. The molecule has 0 saturated carbocycles. The first-order valence-electron chi connectivity index (χ1n) is 9.43. The van der Waals surface area contributed by atoms with Crippen LogP contribution in [0.25, 0.3) is 10.6 Å². The quantitative estimate of drug-likeness (QED) is 0.375. The minimum absolute atomic E-state index is 0.000191. The van der Waals surface area contributed by atoms with Crippen LogP contribution in [-0.2, 0) is 16.9 Å². The number of nitrogens with zero attached hydrogens (tertiary/aromatic N) is 1. The van der Waals surface area contributed by atoms with Gasteiger partial charge in [-0.3, -0.25) is 0 Å². The highest BCUT2D eigenvalue weighted by Crippen LogP contribution is 2.47. The SMILES string of the molecule is Cc1cc(C(F)(F)C(F)c2sc(-c3ccc(C(F)(F)F)cc3)nc2C)ccc1OCC(=O)O. The summed E-state index contributed by atoms with van der Waals surface area (Å²) in [6.45, 7) is 2.11. The number of aliphatic carboxylic acids is 1. The number of ether oxygens (including phenoxy) is 1. The number of hydrogen-bond donors (Lipinski definition) is 1. The molecule has 1 atom stereocenters. The number of rotatable bonds is 7. The molecule has 0 amide bonds. The summed E-state index contributed by atoms with van der Waals surface area (Å²) >= 11 is 0.637. The molecule has 1 unspecified atom stereocenters. The number of aromatic nitrogens is 1. The number of benzene rings is 2. The van der Waals surface area contributed by atoms with E-state index in [1.807, 2.05) is 0 Å². The van der Waals surface area contributed by atoms with Crippen molar-refractivity contribution in [1.29, 1.82) is 0 Å². The van der Waals surface area contributed by atoms with Crippen LogP contribution in [0.5, 0.6) is 5.75 Å². The molecule has 0 aliphatic rings. The summed E-state index contributed by atoms with van der Waals surface area (Å²) in [6.07, 6.45) is -7.29. The molecule has 0 spiro atoms. The molecule has 0 radical (unpaired) electrons. The summed E-state index contributed by atoms with van der Waals surface area (Å²) in [5, 5.41) is 8.77. The van der Waals surface area contributed by atoms with Crippen molar-refractivity contribution in [3.8, 4) is 16.3 Å². The molecule has 0 aliphatic carbocycles. The molecule has 3 aromatic rings. The zero-order chi connectivity index (χ0) is 24.6. The van der Waals surface area contributed by atoms with Gasteiger partial charge in [-0.25, -0.2) is 14.2 Å². The predicted octanol–water partition coefficient (Wildman–Crippen LogP) is 6.71. The molecule has 1 N–H and O–H groups in total. The van der Waals surface area contributed by atoms with E-state index in [-0.39, 0.29) is 32.5 Å². The van der Waals surface area contributed by atoms with Gasteiger partial charge in [0.15, 0.2) is 6.61 Å². The Morgan fingerprint density at radius 1 is 1.06 bits per heavy atom. The molecule has 2 aromatic carbocycles. The lowest BCUT2D eigenvalue weighted by atomic mass is 10.00. The largest absolute Gasteiger partial charge is 0.482 e. The highest BCUT2D eigenvalue weighted by Gasteiger charge is 2.45. The molecule has 1 aromatic heterocycles. The Bertz CT molecular complexity index is 1160. The maximum atomic E-state index is 15.1. The van der Waals surface area contributed by atoms with Crippen LogP contribution in [0.4, 0.5) is 26.3 Å². The van der Waals surface area contributed by atoms with Crippen molar-refractivity contribution in [3.05, 3.63) is 69.7 Å². The van der Waals surface area contributed by atoms with E-state index in [0.29, 0.717) is 11.3 Å². The molecule has 176 valence electrons. The second-order valence-electron chi connectivity index (χ2n) is 7.19. The van der Waals surface area contributed by atoms with E-state index in [0.717, 1.165) is 42.5 Å². The smallest absolute Gasteiger partial charge is 0.416 e. The molecular weight excluding hydrogens is 472 g/mol. The third-order valence-electron chi connectivity index (χ3n) is 4.75. The Morgan fingerprint density at radius 2 is 1.67 bits per heavy atom. The van der Waals surface area contributed by atoms with Crippen LogP contribution in [0.1, 0.15) is 33.4 Å². The molecule has 1 heterocycles. The first-order valence-corrected chi connectivity index (χ1v) is 10.2. The van der Waals surface area contributed by atoms with Crippen LogP contribution in [0.3, 0.4) is 0 Å². The van der Waals surface area contributed by atoms with Crippen LogP contribution < -0.4 is 4.74 Å². The monoisotopic (exact) mass is 489 g/mol. The summed E-state index contributed by atoms with van der Waals surface area (Å²) in [6, 6.07) is 7.07. The number of thiazole rings is 1. The van der Waals surface area contributed by atoms with Crippen molar-refractivity contribution in [2.75, 3.05) is 6.61 Å². The van der Waals surface area contributed by atoms with Crippen molar-refractivity contribution in [1.82, 2.24) is 4.98 Å². The van der Waals surface area contributed by atoms with Crippen LogP contribution in [0, 0.1) is 13.8 Å². The number of aryl methyl sites for hydroxylation is 2. The highest BCUT2D eigenvalue weighted by atomic mass is 32.1. The van der Waals surface area contributed by atoms with Gasteiger partial charge in [0.1, 0.15) is 10.8 Å². The van der Waals surface area contributed by atoms with E-state index in [9.17, 15) is 26.7 Å². The normalized spacial score (nSPS) is 13.1. The molecule has 11 heteroatoms. The van der Waals surface area contributed by atoms with Crippen LogP contribution in [-0.4, -0.2) is 22.7 Å². The van der Waals surface area contributed by atoms with Gasteiger partial charge in [-0.05, 0) is 49.7 Å². The highest BCUT2D eigenvalue weighted by molar-refractivity contribution is 7.15. The maximum Gasteiger partial charge on any atom is 0.416 e. The Kier molecular flexibility index (Phi) is 6.73. The first-order chi connectivity index (χ1) is 15.3. The molecule has 4 nitrogen and oxygen atoms in total. The number of carbonyl (C=O) groups is 1. The molecule has 33 heavy (non-hydrogen) atoms. The summed E-state index contributed by atoms with van der Waals surface area (Å²) in [7, 11) is 0. The average Bonchev–Trinajstić information content (AvgIpc) is 3.13. The number of halogens is 6. The second kappa shape index (κ2) is 9.05. The fourth-order valence-corrected chi connectivity index (χ4v) is 4.13. The van der Waals surface area contributed by atoms with Crippen LogP contribution in [0.2, 0.25) is 0 Å². The van der Waals surface area contributed by atoms with Crippen molar-refractivity contribution in [2.45, 2.75) is 32.1 Å². The van der Waals surface area contributed by atoms with Gasteiger partial charge in [0.25, 0.3) is 0 Å². The number of carboxylic acids is 1. The summed E-state index contributed by atoms with van der Waals surface area (Å²) in [4.78, 5) is 14.3. The standard InChI is InChI=1S/C22H17F6NO3S/c1-11-9-15(7-8-16(11)32-10-17(30)31)21(24,25)19(23)18-12(2)29-20(33-18)13-3-5-14(6-4-13)22(26,27)28/h3-9,19H,10H2,1-2H3,(H,30,31). The lowest BCUT2D eigenvalue weighted by Gasteiger charge is -2.21.